The summed E-state index contributed by atoms with van der Waals surface area (Å²) < 4.78 is 5.53. The number of hydrogen-bond donors (Lipinski definition) is 1. The summed E-state index contributed by atoms with van der Waals surface area (Å²) in [5, 5.41) is 10.2. The second-order valence-corrected chi connectivity index (χ2v) is 6.61. The van der Waals surface area contributed by atoms with Crippen molar-refractivity contribution in [3.63, 3.8) is 0 Å². The van der Waals surface area contributed by atoms with E-state index in [0.29, 0.717) is 0 Å². The van der Waals surface area contributed by atoms with Crippen molar-refractivity contribution in [2.45, 2.75) is 109 Å². The van der Waals surface area contributed by atoms with E-state index in [2.05, 4.69) is 6.92 Å². The highest BCUT2D eigenvalue weighted by Gasteiger charge is 2.43. The number of aliphatic hydroxyl groups is 1. The molecule has 2 heteroatoms. The van der Waals surface area contributed by atoms with Gasteiger partial charge in [0, 0.05) is 7.11 Å². The number of methoxy groups -OCH3 is 1. The topological polar surface area (TPSA) is 29.5 Å². The highest BCUT2D eigenvalue weighted by Crippen LogP contribution is 2.39. The third-order valence-corrected chi connectivity index (χ3v) is 5.04. The van der Waals surface area contributed by atoms with Gasteiger partial charge in [0.15, 0.2) is 0 Å². The average molecular weight is 284 g/mol. The summed E-state index contributed by atoms with van der Waals surface area (Å²) in [5.74, 6) is 0. The van der Waals surface area contributed by atoms with E-state index >= 15 is 0 Å². The van der Waals surface area contributed by atoms with Crippen molar-refractivity contribution in [3.8, 4) is 0 Å². The van der Waals surface area contributed by atoms with Gasteiger partial charge < -0.3 is 9.84 Å². The maximum Gasteiger partial charge on any atom is 0.0936 e. The van der Waals surface area contributed by atoms with Gasteiger partial charge in [0.25, 0.3) is 0 Å². The predicted molar refractivity (Wildman–Crippen MR) is 86.1 cm³/mol. The number of unbranched alkanes of at least 4 members (excludes halogenated alkanes) is 9. The van der Waals surface area contributed by atoms with Gasteiger partial charge in [0.05, 0.1) is 11.7 Å². The van der Waals surface area contributed by atoms with E-state index in [1.54, 1.807) is 7.11 Å². The normalized spacial score (nSPS) is 18.8. The van der Waals surface area contributed by atoms with Crippen molar-refractivity contribution in [1.29, 1.82) is 0 Å². The van der Waals surface area contributed by atoms with Crippen LogP contribution in [0.4, 0.5) is 0 Å². The molecule has 1 atom stereocenters. The van der Waals surface area contributed by atoms with E-state index in [4.69, 9.17) is 4.74 Å². The first-order valence-electron chi connectivity index (χ1n) is 8.98. The smallest absolute Gasteiger partial charge is 0.0936 e. The lowest BCUT2D eigenvalue weighted by molar-refractivity contribution is -0.151. The van der Waals surface area contributed by atoms with Gasteiger partial charge in [0.2, 0.25) is 0 Å². The first kappa shape index (κ1) is 18.0. The van der Waals surface area contributed by atoms with Crippen LogP contribution in [0.5, 0.6) is 0 Å². The summed E-state index contributed by atoms with van der Waals surface area (Å²) in [4.78, 5) is 0. The van der Waals surface area contributed by atoms with Crippen molar-refractivity contribution >= 4 is 0 Å². The van der Waals surface area contributed by atoms with E-state index in [1.807, 2.05) is 0 Å². The number of ether oxygens (including phenoxy) is 1. The van der Waals surface area contributed by atoms with Crippen LogP contribution in [0.25, 0.3) is 0 Å². The quantitative estimate of drug-likeness (QED) is 0.469. The monoisotopic (exact) mass is 284 g/mol. The van der Waals surface area contributed by atoms with E-state index < -0.39 is 0 Å². The predicted octanol–water partition coefficient (Wildman–Crippen LogP) is 5.23. The first-order chi connectivity index (χ1) is 9.75. The van der Waals surface area contributed by atoms with Crippen molar-refractivity contribution < 1.29 is 9.84 Å². The molecule has 1 N–H and O–H groups in total. The number of rotatable bonds is 13. The molecule has 0 aromatic rings. The van der Waals surface area contributed by atoms with Crippen molar-refractivity contribution in [2.75, 3.05) is 7.11 Å². The molecule has 0 radical (unpaired) electrons. The molecule has 1 saturated carbocycles. The fourth-order valence-corrected chi connectivity index (χ4v) is 3.29. The Morgan fingerprint density at radius 1 is 0.900 bits per heavy atom. The van der Waals surface area contributed by atoms with Gasteiger partial charge in [-0.1, -0.05) is 71.1 Å². The lowest BCUT2D eigenvalue weighted by atomic mass is 9.74. The van der Waals surface area contributed by atoms with Gasteiger partial charge in [-0.15, -0.1) is 0 Å². The molecular formula is C18H36O2. The Morgan fingerprint density at radius 2 is 1.40 bits per heavy atom. The SMILES string of the molecule is CCCCCCCCCCCCC(O)C1(OC)CCC1. The molecular weight excluding hydrogens is 248 g/mol. The molecule has 20 heavy (non-hydrogen) atoms. The highest BCUT2D eigenvalue weighted by atomic mass is 16.5. The van der Waals surface area contributed by atoms with E-state index in [0.717, 1.165) is 25.7 Å². The van der Waals surface area contributed by atoms with E-state index in [9.17, 15) is 5.11 Å². The Hall–Kier alpha value is -0.0800. The fraction of sp³-hybridized carbons (Fsp3) is 1.00. The molecule has 1 rings (SSSR count). The zero-order valence-corrected chi connectivity index (χ0v) is 13.8. The van der Waals surface area contributed by atoms with E-state index in [-0.39, 0.29) is 11.7 Å². The largest absolute Gasteiger partial charge is 0.390 e. The van der Waals surface area contributed by atoms with Gasteiger partial charge in [0.1, 0.15) is 0 Å². The highest BCUT2D eigenvalue weighted by molar-refractivity contribution is 4.95. The number of hydrogen-bond acceptors (Lipinski definition) is 2. The van der Waals surface area contributed by atoms with Crippen LogP contribution in [0.15, 0.2) is 0 Å². The Labute approximate surface area is 126 Å². The van der Waals surface area contributed by atoms with Crippen LogP contribution in [-0.4, -0.2) is 23.9 Å². The maximum absolute atomic E-state index is 10.2. The third kappa shape index (κ3) is 6.13. The Bertz CT molecular complexity index is 218. The lowest BCUT2D eigenvalue weighted by Gasteiger charge is -2.44. The molecule has 1 aliphatic rings. The molecule has 0 heterocycles. The molecule has 120 valence electrons. The Morgan fingerprint density at radius 3 is 1.80 bits per heavy atom. The molecule has 2 nitrogen and oxygen atoms in total. The van der Waals surface area contributed by atoms with Crippen LogP contribution in [0.1, 0.15) is 96.8 Å². The summed E-state index contributed by atoms with van der Waals surface area (Å²) in [6.07, 6.45) is 17.5. The maximum atomic E-state index is 10.2. The molecule has 0 amide bonds. The van der Waals surface area contributed by atoms with Crippen molar-refractivity contribution in [1.82, 2.24) is 0 Å². The van der Waals surface area contributed by atoms with Crippen LogP contribution in [0.3, 0.4) is 0 Å². The molecule has 1 unspecified atom stereocenters. The van der Waals surface area contributed by atoms with Crippen molar-refractivity contribution in [3.05, 3.63) is 0 Å². The minimum atomic E-state index is -0.240. The summed E-state index contributed by atoms with van der Waals surface area (Å²) >= 11 is 0. The summed E-state index contributed by atoms with van der Waals surface area (Å²) in [6, 6.07) is 0. The summed E-state index contributed by atoms with van der Waals surface area (Å²) in [7, 11) is 1.75. The molecule has 0 saturated heterocycles. The first-order valence-corrected chi connectivity index (χ1v) is 8.98. The van der Waals surface area contributed by atoms with Gasteiger partial charge in [-0.3, -0.25) is 0 Å². The van der Waals surface area contributed by atoms with E-state index in [1.165, 1.54) is 64.2 Å². The average Bonchev–Trinajstić information content (AvgIpc) is 2.40. The molecule has 1 fully saturated rings. The van der Waals surface area contributed by atoms with Crippen LogP contribution in [0, 0.1) is 0 Å². The summed E-state index contributed by atoms with van der Waals surface area (Å²) in [5.41, 5.74) is -0.181. The van der Waals surface area contributed by atoms with Gasteiger partial charge in [-0.25, -0.2) is 0 Å². The second kappa shape index (κ2) is 10.6. The fourth-order valence-electron chi connectivity index (χ4n) is 3.29. The molecule has 0 bridgehead atoms. The van der Waals surface area contributed by atoms with Crippen LogP contribution >= 0.6 is 0 Å². The van der Waals surface area contributed by atoms with Crippen molar-refractivity contribution in [2.24, 2.45) is 0 Å². The molecule has 0 spiro atoms. The van der Waals surface area contributed by atoms with Crippen LogP contribution in [-0.2, 0) is 4.74 Å². The molecule has 0 aliphatic heterocycles. The number of aliphatic hydroxyl groups excluding tert-OH is 1. The molecule has 0 aromatic carbocycles. The summed E-state index contributed by atoms with van der Waals surface area (Å²) in [6.45, 7) is 2.27. The second-order valence-electron chi connectivity index (χ2n) is 6.61. The zero-order chi connectivity index (χ0) is 14.7. The minimum Gasteiger partial charge on any atom is -0.390 e. The Balaban J connectivity index is 1.87. The van der Waals surface area contributed by atoms with Gasteiger partial charge in [-0.2, -0.15) is 0 Å². The van der Waals surface area contributed by atoms with Crippen LogP contribution < -0.4 is 0 Å². The molecule has 0 aromatic heterocycles. The minimum absolute atomic E-state index is 0.181. The Kier molecular flexibility index (Phi) is 9.54. The molecule has 1 aliphatic carbocycles. The van der Waals surface area contributed by atoms with Gasteiger partial charge in [-0.05, 0) is 25.7 Å². The third-order valence-electron chi connectivity index (χ3n) is 5.04. The standard InChI is InChI=1S/C18H36O2/c1-3-4-5-6-7-8-9-10-11-12-14-17(19)18(20-2)15-13-16-18/h17,19H,3-16H2,1-2H3. The van der Waals surface area contributed by atoms with Crippen LogP contribution in [0.2, 0.25) is 0 Å². The van der Waals surface area contributed by atoms with Gasteiger partial charge >= 0.3 is 0 Å². The zero-order valence-electron chi connectivity index (χ0n) is 13.8. The lowest BCUT2D eigenvalue weighted by Crippen LogP contribution is -2.49.